The molecule has 4 rings (SSSR count). The molecule has 1 aliphatic rings. The van der Waals surface area contributed by atoms with Gasteiger partial charge in [-0.25, -0.2) is 23.1 Å². The number of hydrogen-bond acceptors (Lipinski definition) is 7. The van der Waals surface area contributed by atoms with Crippen LogP contribution in [0.25, 0.3) is 21.9 Å². The number of rotatable bonds is 9. The first-order valence-electron chi connectivity index (χ1n) is 12.3. The average Bonchev–Trinajstić information content (AvgIpc) is 2.90. The summed E-state index contributed by atoms with van der Waals surface area (Å²) in [6, 6.07) is 11.2. The predicted molar refractivity (Wildman–Crippen MR) is 141 cm³/mol. The summed E-state index contributed by atoms with van der Waals surface area (Å²) >= 11 is 0. The molecule has 204 valence electrons. The van der Waals surface area contributed by atoms with Gasteiger partial charge in [-0.2, -0.15) is 0 Å². The van der Waals surface area contributed by atoms with E-state index in [9.17, 15) is 22.4 Å². The van der Waals surface area contributed by atoms with Crippen molar-refractivity contribution in [2.24, 2.45) is 0 Å². The van der Waals surface area contributed by atoms with Crippen LogP contribution in [0.4, 0.5) is 4.39 Å². The maximum atomic E-state index is 14.6. The molecule has 11 heteroatoms. The molecule has 1 aliphatic heterocycles. The molecule has 2 atom stereocenters. The smallest absolute Gasteiger partial charge is 0.264 e. The third-order valence-electron chi connectivity index (χ3n) is 7.01. The second-order valence-corrected chi connectivity index (χ2v) is 12.0. The zero-order chi connectivity index (χ0) is 27.5. The lowest BCUT2D eigenvalue weighted by Crippen LogP contribution is -2.51. The van der Waals surface area contributed by atoms with Gasteiger partial charge < -0.3 is 14.0 Å². The van der Waals surface area contributed by atoms with E-state index in [1.807, 2.05) is 0 Å². The summed E-state index contributed by atoms with van der Waals surface area (Å²) in [4.78, 5) is 31.4. The summed E-state index contributed by atoms with van der Waals surface area (Å²) in [5, 5.41) is 0.983. The van der Waals surface area contributed by atoms with Crippen LogP contribution in [0.1, 0.15) is 32.6 Å². The molecule has 9 nitrogen and oxygen atoms in total. The number of fused-ring (bicyclic) bond motifs is 1. The highest BCUT2D eigenvalue weighted by Gasteiger charge is 2.44. The molecule has 2 aromatic carbocycles. The van der Waals surface area contributed by atoms with Crippen molar-refractivity contribution in [3.63, 3.8) is 0 Å². The van der Waals surface area contributed by atoms with Gasteiger partial charge >= 0.3 is 0 Å². The molecule has 1 amide bonds. The summed E-state index contributed by atoms with van der Waals surface area (Å²) in [7, 11) is -2.42. The van der Waals surface area contributed by atoms with Crippen LogP contribution in [0.5, 0.6) is 5.75 Å². The maximum Gasteiger partial charge on any atom is 0.264 e. The zero-order valence-corrected chi connectivity index (χ0v) is 22.3. The lowest BCUT2D eigenvalue weighted by Gasteiger charge is -2.28. The molecule has 2 unspecified atom stereocenters. The Bertz CT molecular complexity index is 1500. The van der Waals surface area contributed by atoms with Gasteiger partial charge in [0.15, 0.2) is 20.9 Å². The fourth-order valence-electron chi connectivity index (χ4n) is 4.32. The van der Waals surface area contributed by atoms with E-state index in [2.05, 4.69) is 5.48 Å². The molecule has 1 aromatic heterocycles. The van der Waals surface area contributed by atoms with Crippen molar-refractivity contribution < 1.29 is 31.9 Å². The van der Waals surface area contributed by atoms with Crippen LogP contribution in [-0.4, -0.2) is 49.9 Å². The molecular formula is C27H31FN2O7S. The molecule has 0 spiro atoms. The molecule has 3 aromatic rings. The number of aromatic nitrogens is 1. The Balaban J connectivity index is 1.54. The molecule has 0 bridgehead atoms. The van der Waals surface area contributed by atoms with Crippen LogP contribution in [-0.2, 0) is 30.8 Å². The molecule has 1 fully saturated rings. The van der Waals surface area contributed by atoms with Crippen molar-refractivity contribution in [2.45, 2.75) is 50.2 Å². The number of methoxy groups -OCH3 is 1. The first-order valence-corrected chi connectivity index (χ1v) is 14.2. The normalized spacial score (nSPS) is 17.6. The second kappa shape index (κ2) is 11.2. The van der Waals surface area contributed by atoms with Crippen molar-refractivity contribution in [3.8, 4) is 16.9 Å². The molecule has 0 saturated carbocycles. The minimum absolute atomic E-state index is 0.0272. The zero-order valence-electron chi connectivity index (χ0n) is 21.5. The Hall–Kier alpha value is -3.28. The Labute approximate surface area is 220 Å². The number of carbonyl (C=O) groups is 1. The van der Waals surface area contributed by atoms with Crippen LogP contribution in [0, 0.1) is 5.82 Å². The van der Waals surface area contributed by atoms with Crippen LogP contribution >= 0.6 is 0 Å². The van der Waals surface area contributed by atoms with Crippen LogP contribution in [0.15, 0.2) is 53.5 Å². The lowest BCUT2D eigenvalue weighted by molar-refractivity contribution is -0.201. The van der Waals surface area contributed by atoms with Crippen molar-refractivity contribution in [3.05, 3.63) is 64.8 Å². The fraction of sp³-hybridized carbons (Fsp3) is 0.407. The van der Waals surface area contributed by atoms with E-state index >= 15 is 0 Å². The van der Waals surface area contributed by atoms with Crippen LogP contribution in [0.3, 0.4) is 0 Å². The fourth-order valence-corrected chi connectivity index (χ4v) is 5.16. The number of sulfone groups is 1. The number of pyridine rings is 1. The van der Waals surface area contributed by atoms with Gasteiger partial charge in [0, 0.05) is 49.0 Å². The number of aryl methyl sites for hydroxylation is 1. The van der Waals surface area contributed by atoms with Gasteiger partial charge in [0.05, 0.1) is 7.11 Å². The van der Waals surface area contributed by atoms with E-state index in [0.717, 1.165) is 19.1 Å². The Morgan fingerprint density at radius 1 is 1.21 bits per heavy atom. The molecule has 1 N–H and O–H groups in total. The molecule has 0 aliphatic carbocycles. The quantitative estimate of drug-likeness (QED) is 0.408. The van der Waals surface area contributed by atoms with E-state index in [1.165, 1.54) is 30.9 Å². The highest BCUT2D eigenvalue weighted by atomic mass is 32.2. The van der Waals surface area contributed by atoms with E-state index in [1.54, 1.807) is 36.4 Å². The molecule has 38 heavy (non-hydrogen) atoms. The van der Waals surface area contributed by atoms with Gasteiger partial charge in [0.25, 0.3) is 11.5 Å². The molecule has 2 heterocycles. The number of nitrogens with one attached hydrogen (secondary N) is 1. The number of hydroxylamine groups is 1. The lowest BCUT2D eigenvalue weighted by atomic mass is 10.0. The van der Waals surface area contributed by atoms with Crippen molar-refractivity contribution >= 4 is 26.5 Å². The minimum Gasteiger partial charge on any atom is -0.497 e. The number of carbonyl (C=O) groups excluding carboxylic acids is 1. The van der Waals surface area contributed by atoms with E-state index in [-0.39, 0.29) is 18.5 Å². The van der Waals surface area contributed by atoms with Crippen molar-refractivity contribution in [1.82, 2.24) is 10.0 Å². The molecular weight excluding hydrogens is 515 g/mol. The average molecular weight is 547 g/mol. The molecule has 0 radical (unpaired) electrons. The van der Waals surface area contributed by atoms with Crippen molar-refractivity contribution in [1.29, 1.82) is 0 Å². The van der Waals surface area contributed by atoms with Gasteiger partial charge in [0.2, 0.25) is 0 Å². The predicted octanol–water partition coefficient (Wildman–Crippen LogP) is 3.58. The van der Waals surface area contributed by atoms with Gasteiger partial charge in [0.1, 0.15) is 11.6 Å². The summed E-state index contributed by atoms with van der Waals surface area (Å²) < 4.78 is 49.8. The summed E-state index contributed by atoms with van der Waals surface area (Å²) in [5.41, 5.74) is 2.85. The first kappa shape index (κ1) is 27.7. The SMILES string of the molecule is COc1ccc(-c2ccc3c(=O)n(CCC(C)(C(=O)NOC4CCCCO4)S(C)(=O)=O)ccc3c2)c(F)c1. The van der Waals surface area contributed by atoms with Crippen molar-refractivity contribution in [2.75, 3.05) is 20.0 Å². The highest BCUT2D eigenvalue weighted by molar-refractivity contribution is 7.92. The van der Waals surface area contributed by atoms with E-state index < -0.39 is 32.6 Å². The van der Waals surface area contributed by atoms with E-state index in [4.69, 9.17) is 14.3 Å². The largest absolute Gasteiger partial charge is 0.497 e. The topological polar surface area (TPSA) is 113 Å². The van der Waals surface area contributed by atoms with Crippen LogP contribution in [0.2, 0.25) is 0 Å². The Morgan fingerprint density at radius 3 is 2.66 bits per heavy atom. The monoisotopic (exact) mass is 546 g/mol. The first-order chi connectivity index (χ1) is 18.0. The number of ether oxygens (including phenoxy) is 2. The number of hydrogen-bond donors (Lipinski definition) is 1. The number of amides is 1. The van der Waals surface area contributed by atoms with Gasteiger partial charge in [-0.3, -0.25) is 9.59 Å². The summed E-state index contributed by atoms with van der Waals surface area (Å²) in [6.07, 6.45) is 4.09. The van der Waals surface area contributed by atoms with Gasteiger partial charge in [-0.1, -0.05) is 6.07 Å². The Morgan fingerprint density at radius 2 is 2.00 bits per heavy atom. The number of halogens is 1. The second-order valence-electron chi connectivity index (χ2n) is 9.56. The number of nitrogens with zero attached hydrogens (tertiary/aromatic N) is 1. The molecule has 1 saturated heterocycles. The summed E-state index contributed by atoms with van der Waals surface area (Å²) in [5.74, 6) is -0.873. The third kappa shape index (κ3) is 5.74. The third-order valence-corrected chi connectivity index (χ3v) is 9.04. The maximum absolute atomic E-state index is 14.6. The summed E-state index contributed by atoms with van der Waals surface area (Å²) in [6.45, 7) is 1.79. The number of benzene rings is 2. The highest BCUT2D eigenvalue weighted by Crippen LogP contribution is 2.28. The van der Waals surface area contributed by atoms with Crippen LogP contribution < -0.4 is 15.8 Å². The van der Waals surface area contributed by atoms with Gasteiger partial charge in [-0.05, 0) is 67.5 Å². The Kier molecular flexibility index (Phi) is 8.19. The van der Waals surface area contributed by atoms with Gasteiger partial charge in [-0.15, -0.1) is 0 Å². The van der Waals surface area contributed by atoms with E-state index in [0.29, 0.717) is 40.7 Å². The standard InChI is InChI=1S/C27H31FN2O7S/c1-27(38(3,33)34,26(32)29-37-24-6-4-5-15-36-24)12-14-30-13-11-19-16-18(7-9-22(19)25(30)31)21-10-8-20(35-2)17-23(21)28/h7-11,13,16-17,24H,4-6,12,14-15H2,1-3H3,(H,29,32). The minimum atomic E-state index is -3.88.